The van der Waals surface area contributed by atoms with Gasteiger partial charge in [0.15, 0.2) is 10.3 Å². The summed E-state index contributed by atoms with van der Waals surface area (Å²) in [6.07, 6.45) is 6.00. The van der Waals surface area contributed by atoms with Crippen LogP contribution in [-0.4, -0.2) is 41.0 Å². The number of benzene rings is 5. The van der Waals surface area contributed by atoms with Crippen molar-refractivity contribution < 1.29 is 31.4 Å². The zero-order valence-corrected chi connectivity index (χ0v) is 41.5. The number of carbonyl (C=O) groups is 2. The summed E-state index contributed by atoms with van der Waals surface area (Å²) >= 11 is 2.85. The number of rotatable bonds is 11. The number of methoxy groups -OCH3 is 2. The van der Waals surface area contributed by atoms with Crippen LogP contribution >= 0.6 is 22.7 Å². The fourth-order valence-corrected chi connectivity index (χ4v) is 9.98. The van der Waals surface area contributed by atoms with E-state index < -0.39 is 10.8 Å². The smallest absolute Gasteiger partial charge is 0.232 e. The highest BCUT2D eigenvalue weighted by Gasteiger charge is 2.45. The van der Waals surface area contributed by atoms with Crippen LogP contribution in [-0.2, 0) is 16.0 Å². The molecule has 69 heavy (non-hydrogen) atoms. The molecule has 2 N–H and O–H groups in total. The minimum absolute atomic E-state index is 0. The topological polar surface area (TPSA) is 134 Å². The molecule has 0 radical (unpaired) electrons. The average molecular weight is 962 g/mol. The highest BCUT2D eigenvalue weighted by atomic mass is 32.1. The van der Waals surface area contributed by atoms with Gasteiger partial charge in [-0.1, -0.05) is 120 Å². The van der Waals surface area contributed by atoms with Crippen molar-refractivity contribution in [3.05, 3.63) is 184 Å². The number of nitrogens with one attached hydrogen (secondary N) is 2. The third-order valence-corrected chi connectivity index (χ3v) is 13.8. The Morgan fingerprint density at radius 2 is 1.16 bits per heavy atom. The summed E-state index contributed by atoms with van der Waals surface area (Å²) in [6, 6.07) is 39.7. The molecule has 5 heterocycles. The van der Waals surface area contributed by atoms with Crippen LogP contribution in [0, 0.1) is 10.8 Å². The first kappa shape index (κ1) is 48.1. The van der Waals surface area contributed by atoms with E-state index in [0.717, 1.165) is 61.9 Å². The first-order valence-corrected chi connectivity index (χ1v) is 24.5. The Bertz CT molecular complexity index is 3060. The fraction of sp³-hybridized carbons (Fsp3) is 0.232. The van der Waals surface area contributed by atoms with E-state index >= 15 is 0 Å². The molecule has 5 aromatic carbocycles. The SMILES string of the molecule is CC.COc1ccc2c(c1)Oc1ccccc1[C@H]2C(C)(C)C(=O)Nc1nc(Cc2ccc(-c3cccnc3)cc2)cs1.COc1ccc2c(c1)Oc1ccccc1[C@H]2C(C)(C)C(=O)Nc1nccs1.[HH].[HH]. The van der Waals surface area contributed by atoms with E-state index in [0.29, 0.717) is 33.9 Å². The number of ether oxygens (including phenoxy) is 4. The molecular formula is C56H59N5O6S2. The van der Waals surface area contributed by atoms with Crippen molar-refractivity contribution in [1.82, 2.24) is 15.0 Å². The van der Waals surface area contributed by atoms with Gasteiger partial charge in [-0.25, -0.2) is 9.97 Å². The Morgan fingerprint density at radius 3 is 1.67 bits per heavy atom. The summed E-state index contributed by atoms with van der Waals surface area (Å²) < 4.78 is 23.1. The highest BCUT2D eigenvalue weighted by Crippen LogP contribution is 2.54. The molecular weight excluding hydrogens is 903 g/mol. The first-order chi connectivity index (χ1) is 33.4. The van der Waals surface area contributed by atoms with Crippen LogP contribution in [0.15, 0.2) is 151 Å². The Kier molecular flexibility index (Phi) is 14.6. The van der Waals surface area contributed by atoms with Gasteiger partial charge in [0.2, 0.25) is 11.8 Å². The van der Waals surface area contributed by atoms with Crippen LogP contribution in [0.3, 0.4) is 0 Å². The van der Waals surface area contributed by atoms with Gasteiger partial charge in [-0.3, -0.25) is 14.6 Å². The maximum absolute atomic E-state index is 13.8. The molecule has 11 nitrogen and oxygen atoms in total. The van der Waals surface area contributed by atoms with Crippen LogP contribution in [0.25, 0.3) is 11.1 Å². The number of hydrogen-bond donors (Lipinski definition) is 2. The van der Waals surface area contributed by atoms with Gasteiger partial charge in [-0.15, -0.1) is 22.7 Å². The zero-order chi connectivity index (χ0) is 48.7. The number of pyridine rings is 1. The second kappa shape index (κ2) is 20.9. The van der Waals surface area contributed by atoms with Crippen LogP contribution in [0.4, 0.5) is 10.3 Å². The van der Waals surface area contributed by atoms with E-state index in [9.17, 15) is 9.59 Å². The van der Waals surface area contributed by atoms with E-state index in [4.69, 9.17) is 23.9 Å². The van der Waals surface area contributed by atoms with Gasteiger partial charge in [-0.2, -0.15) is 0 Å². The second-order valence-electron chi connectivity index (χ2n) is 17.4. The molecule has 0 unspecified atom stereocenters. The second-order valence-corrected chi connectivity index (χ2v) is 19.2. The molecule has 0 spiro atoms. The van der Waals surface area contributed by atoms with Gasteiger partial charge in [0, 0.05) is 84.8 Å². The summed E-state index contributed by atoms with van der Waals surface area (Å²) in [7, 11) is 3.26. The van der Waals surface area contributed by atoms with Crippen molar-refractivity contribution in [3.8, 4) is 45.6 Å². The number of carbonyl (C=O) groups excluding carboxylic acids is 2. The number of nitrogens with zero attached hydrogens (tertiary/aromatic N) is 3. The number of thiazole rings is 2. The van der Waals surface area contributed by atoms with E-state index in [1.54, 1.807) is 26.6 Å². The first-order valence-electron chi connectivity index (χ1n) is 22.8. The Labute approximate surface area is 414 Å². The lowest BCUT2D eigenvalue weighted by Gasteiger charge is -2.38. The van der Waals surface area contributed by atoms with Crippen molar-refractivity contribution in [1.29, 1.82) is 0 Å². The van der Waals surface area contributed by atoms with Crippen LogP contribution in [0.1, 0.15) is 89.7 Å². The summed E-state index contributed by atoms with van der Waals surface area (Å²) in [5, 5.41) is 11.1. The fourth-order valence-electron chi connectivity index (χ4n) is 8.76. The molecule has 356 valence electrons. The van der Waals surface area contributed by atoms with E-state index in [-0.39, 0.29) is 26.5 Å². The minimum atomic E-state index is -0.794. The lowest BCUT2D eigenvalue weighted by Crippen LogP contribution is -2.38. The summed E-state index contributed by atoms with van der Waals surface area (Å²) in [4.78, 5) is 40.1. The van der Waals surface area contributed by atoms with Crippen LogP contribution < -0.4 is 29.6 Å². The summed E-state index contributed by atoms with van der Waals surface area (Å²) in [5.41, 5.74) is 6.66. The van der Waals surface area contributed by atoms with Crippen molar-refractivity contribution in [3.63, 3.8) is 0 Å². The molecule has 0 saturated carbocycles. The highest BCUT2D eigenvalue weighted by molar-refractivity contribution is 7.14. The molecule has 3 aromatic heterocycles. The van der Waals surface area contributed by atoms with Crippen molar-refractivity contribution in [2.24, 2.45) is 10.8 Å². The van der Waals surface area contributed by atoms with Gasteiger partial charge in [0.05, 0.1) is 30.7 Å². The molecule has 0 fully saturated rings. The van der Waals surface area contributed by atoms with E-state index in [1.165, 1.54) is 22.7 Å². The maximum Gasteiger partial charge on any atom is 0.232 e. The molecule has 2 aliphatic heterocycles. The van der Waals surface area contributed by atoms with Gasteiger partial charge in [0.25, 0.3) is 0 Å². The number of hydrogen-bond acceptors (Lipinski definition) is 11. The minimum Gasteiger partial charge on any atom is -0.497 e. The summed E-state index contributed by atoms with van der Waals surface area (Å²) in [5.74, 6) is 3.80. The largest absolute Gasteiger partial charge is 0.497 e. The van der Waals surface area contributed by atoms with Crippen molar-refractivity contribution in [2.45, 2.75) is 59.8 Å². The number of fused-ring (bicyclic) bond motifs is 4. The molecule has 10 rings (SSSR count). The van der Waals surface area contributed by atoms with Crippen molar-refractivity contribution in [2.75, 3.05) is 24.9 Å². The van der Waals surface area contributed by atoms with E-state index in [2.05, 4.69) is 44.9 Å². The molecule has 0 aliphatic carbocycles. The number of para-hydroxylation sites is 2. The number of anilines is 2. The van der Waals surface area contributed by atoms with Gasteiger partial charge < -0.3 is 29.6 Å². The average Bonchev–Trinajstić information content (AvgIpc) is 4.07. The molecule has 2 amide bonds. The van der Waals surface area contributed by atoms with Crippen molar-refractivity contribution >= 4 is 44.8 Å². The third-order valence-electron chi connectivity index (χ3n) is 12.3. The molecule has 13 heteroatoms. The molecule has 2 aliphatic rings. The lowest BCUT2D eigenvalue weighted by atomic mass is 9.69. The number of aromatic nitrogens is 3. The molecule has 0 saturated heterocycles. The summed E-state index contributed by atoms with van der Waals surface area (Å²) in [6.45, 7) is 11.9. The monoisotopic (exact) mass is 961 g/mol. The molecule has 8 aromatic rings. The predicted molar refractivity (Wildman–Crippen MR) is 280 cm³/mol. The quantitative estimate of drug-likeness (QED) is 0.130. The van der Waals surface area contributed by atoms with Gasteiger partial charge in [-0.05, 0) is 47.0 Å². The normalized spacial score (nSPS) is 14.2. The molecule has 2 atom stereocenters. The van der Waals surface area contributed by atoms with Gasteiger partial charge >= 0.3 is 0 Å². The zero-order valence-electron chi connectivity index (χ0n) is 39.9. The standard InChI is InChI=1S/C33H29N3O3S.C21H20N2O3S.C2H6.2H2/c1-33(2,30-26-8-4-5-9-28(26)39-29-18-25(38-3)14-15-27(29)30)31(37)36-32-35-24(20-40-32)17-21-10-12-22(13-11-21)23-7-6-16-34-19-23;1-21(2,19(24)23-20-22-10-11-27-20)18-14-6-4-5-7-16(14)26-17-12-13(25-3)8-9-15(17)18;1-2;;/h4-16,18-20,30H,17H2,1-3H3,(H,35,36,37);4-12,18H,1-3H3,(H,22,23,24);1-2H3;2*1H/t30-;18-;;;/m11.../s1. The van der Waals surface area contributed by atoms with E-state index in [1.807, 2.05) is 156 Å². The van der Waals surface area contributed by atoms with Gasteiger partial charge in [0.1, 0.15) is 34.5 Å². The Hall–Kier alpha value is -7.35. The predicted octanol–water partition coefficient (Wildman–Crippen LogP) is 14.3. The third kappa shape index (κ3) is 10.3. The number of amides is 2. The Balaban J connectivity index is 0.000000233. The van der Waals surface area contributed by atoms with Crippen LogP contribution in [0.5, 0.6) is 34.5 Å². The molecule has 0 bridgehead atoms. The lowest BCUT2D eigenvalue weighted by molar-refractivity contribution is -0.125. The maximum atomic E-state index is 13.8. The Morgan fingerprint density at radius 1 is 0.623 bits per heavy atom. The van der Waals surface area contributed by atoms with Crippen LogP contribution in [0.2, 0.25) is 0 Å².